The second kappa shape index (κ2) is 8.96. The van der Waals surface area contributed by atoms with Crippen molar-refractivity contribution >= 4 is 21.8 Å². The molecule has 0 spiro atoms. The fraction of sp³-hybridized carbons (Fsp3) is 0.909. The Morgan fingerprint density at radius 1 is 1.56 bits per heavy atom. The third-order valence-corrected chi connectivity index (χ3v) is 2.83. The molecular formula is C11H20BrNO3. The summed E-state index contributed by atoms with van der Waals surface area (Å²) in [5.74, 6) is 0.0935. The summed E-state index contributed by atoms with van der Waals surface area (Å²) in [7, 11) is 0. The monoisotopic (exact) mass is 293 g/mol. The molecule has 1 atom stereocenters. The molecule has 1 fully saturated rings. The van der Waals surface area contributed by atoms with Crippen LogP contribution >= 0.6 is 15.9 Å². The minimum Gasteiger partial charge on any atom is -0.379 e. The van der Waals surface area contributed by atoms with Crippen LogP contribution in [0.1, 0.15) is 25.7 Å². The van der Waals surface area contributed by atoms with Gasteiger partial charge in [0.25, 0.3) is 0 Å². The van der Waals surface area contributed by atoms with Gasteiger partial charge in [-0.1, -0.05) is 15.9 Å². The van der Waals surface area contributed by atoms with Crippen molar-refractivity contribution in [3.63, 3.8) is 0 Å². The zero-order valence-electron chi connectivity index (χ0n) is 9.54. The summed E-state index contributed by atoms with van der Waals surface area (Å²) in [4.78, 5) is 11.1. The number of nitrogens with one attached hydrogen (secondary N) is 1. The standard InChI is InChI=1S/C11H20BrNO3/c12-5-4-11(14)13-6-2-7-15-9-10-3-1-8-16-10/h10H,1-9H2,(H,13,14). The Morgan fingerprint density at radius 2 is 2.44 bits per heavy atom. The van der Waals surface area contributed by atoms with Gasteiger partial charge in [-0.3, -0.25) is 4.79 Å². The highest BCUT2D eigenvalue weighted by atomic mass is 79.9. The molecule has 0 aromatic heterocycles. The van der Waals surface area contributed by atoms with E-state index in [-0.39, 0.29) is 5.91 Å². The molecule has 1 N–H and O–H groups in total. The topological polar surface area (TPSA) is 47.6 Å². The fourth-order valence-corrected chi connectivity index (χ4v) is 1.93. The van der Waals surface area contributed by atoms with Crippen molar-refractivity contribution in [2.45, 2.75) is 31.8 Å². The van der Waals surface area contributed by atoms with E-state index in [1.165, 1.54) is 0 Å². The molecule has 1 heterocycles. The van der Waals surface area contributed by atoms with Gasteiger partial charge in [0.15, 0.2) is 0 Å². The van der Waals surface area contributed by atoms with Gasteiger partial charge in [0.2, 0.25) is 5.91 Å². The van der Waals surface area contributed by atoms with E-state index in [4.69, 9.17) is 9.47 Å². The van der Waals surface area contributed by atoms with Crippen LogP contribution < -0.4 is 5.32 Å². The first kappa shape index (κ1) is 13.9. The molecule has 5 heteroatoms. The lowest BCUT2D eigenvalue weighted by Gasteiger charge is -2.10. The molecule has 1 saturated heterocycles. The number of hydrogen-bond donors (Lipinski definition) is 1. The quantitative estimate of drug-likeness (QED) is 0.545. The van der Waals surface area contributed by atoms with Crippen LogP contribution in [0.4, 0.5) is 0 Å². The smallest absolute Gasteiger partial charge is 0.220 e. The van der Waals surface area contributed by atoms with Gasteiger partial charge in [0.05, 0.1) is 12.7 Å². The molecule has 1 aliphatic rings. The molecule has 0 saturated carbocycles. The predicted molar refractivity (Wildman–Crippen MR) is 65.8 cm³/mol. The van der Waals surface area contributed by atoms with Crippen molar-refractivity contribution in [1.82, 2.24) is 5.32 Å². The number of rotatable bonds is 8. The van der Waals surface area contributed by atoms with Crippen molar-refractivity contribution in [2.75, 3.05) is 31.7 Å². The average Bonchev–Trinajstić information content (AvgIpc) is 2.76. The first-order valence-electron chi connectivity index (χ1n) is 5.85. The first-order chi connectivity index (χ1) is 7.83. The van der Waals surface area contributed by atoms with E-state index < -0.39 is 0 Å². The molecular weight excluding hydrogens is 274 g/mol. The van der Waals surface area contributed by atoms with Crippen LogP contribution in [-0.2, 0) is 14.3 Å². The predicted octanol–water partition coefficient (Wildman–Crippen LogP) is 1.47. The lowest BCUT2D eigenvalue weighted by molar-refractivity contribution is -0.120. The highest BCUT2D eigenvalue weighted by Gasteiger charge is 2.14. The molecule has 0 bridgehead atoms. The summed E-state index contributed by atoms with van der Waals surface area (Å²) in [6.45, 7) is 2.94. The summed E-state index contributed by atoms with van der Waals surface area (Å²) in [6, 6.07) is 0. The van der Waals surface area contributed by atoms with Gasteiger partial charge in [0.1, 0.15) is 0 Å². The molecule has 0 aliphatic carbocycles. The number of hydrogen-bond acceptors (Lipinski definition) is 3. The summed E-state index contributed by atoms with van der Waals surface area (Å²) < 4.78 is 10.9. The Morgan fingerprint density at radius 3 is 3.12 bits per heavy atom. The minimum atomic E-state index is 0.0935. The number of ether oxygens (including phenoxy) is 2. The molecule has 0 aromatic carbocycles. The van der Waals surface area contributed by atoms with Crippen molar-refractivity contribution in [2.24, 2.45) is 0 Å². The SMILES string of the molecule is O=C(CCBr)NCCCOCC1CCCO1. The molecule has 1 aliphatic heterocycles. The van der Waals surface area contributed by atoms with E-state index in [1.54, 1.807) is 0 Å². The lowest BCUT2D eigenvalue weighted by atomic mass is 10.2. The third-order valence-electron chi connectivity index (χ3n) is 2.44. The zero-order chi connectivity index (χ0) is 11.6. The van der Waals surface area contributed by atoms with Crippen LogP contribution in [0.2, 0.25) is 0 Å². The highest BCUT2D eigenvalue weighted by Crippen LogP contribution is 2.11. The summed E-state index contributed by atoms with van der Waals surface area (Å²) >= 11 is 3.22. The van der Waals surface area contributed by atoms with Crippen molar-refractivity contribution in [1.29, 1.82) is 0 Å². The minimum absolute atomic E-state index is 0.0935. The van der Waals surface area contributed by atoms with Crippen LogP contribution in [0.3, 0.4) is 0 Å². The Balaban J connectivity index is 1.82. The first-order valence-corrected chi connectivity index (χ1v) is 6.97. The van der Waals surface area contributed by atoms with Gasteiger partial charge in [-0.25, -0.2) is 0 Å². The second-order valence-electron chi connectivity index (χ2n) is 3.85. The summed E-state index contributed by atoms with van der Waals surface area (Å²) in [5, 5.41) is 3.55. The molecule has 1 unspecified atom stereocenters. The fourth-order valence-electron chi connectivity index (χ4n) is 1.57. The molecule has 0 radical (unpaired) electrons. The maximum absolute atomic E-state index is 11.1. The third kappa shape index (κ3) is 6.45. The summed E-state index contributed by atoms with van der Waals surface area (Å²) in [5.41, 5.74) is 0. The maximum Gasteiger partial charge on any atom is 0.220 e. The van der Waals surface area contributed by atoms with Gasteiger partial charge < -0.3 is 14.8 Å². The molecule has 94 valence electrons. The van der Waals surface area contributed by atoms with E-state index in [2.05, 4.69) is 21.2 Å². The summed E-state index contributed by atoms with van der Waals surface area (Å²) in [6.07, 6.45) is 3.96. The molecule has 1 amide bonds. The van der Waals surface area contributed by atoms with E-state index in [0.717, 1.165) is 25.9 Å². The second-order valence-corrected chi connectivity index (χ2v) is 4.65. The van der Waals surface area contributed by atoms with Gasteiger partial charge >= 0.3 is 0 Å². The van der Waals surface area contributed by atoms with Gasteiger partial charge in [0, 0.05) is 31.5 Å². The Bertz CT molecular complexity index is 196. The number of halogens is 1. The van der Waals surface area contributed by atoms with Crippen molar-refractivity contribution < 1.29 is 14.3 Å². The van der Waals surface area contributed by atoms with Crippen molar-refractivity contribution in [3.8, 4) is 0 Å². The van der Waals surface area contributed by atoms with E-state index in [9.17, 15) is 4.79 Å². The Hall–Kier alpha value is -0.130. The lowest BCUT2D eigenvalue weighted by Crippen LogP contribution is -2.25. The van der Waals surface area contributed by atoms with Crippen LogP contribution in [0.5, 0.6) is 0 Å². The largest absolute Gasteiger partial charge is 0.379 e. The van der Waals surface area contributed by atoms with E-state index in [0.29, 0.717) is 37.6 Å². The molecule has 1 rings (SSSR count). The number of carbonyl (C=O) groups excluding carboxylic acids is 1. The highest BCUT2D eigenvalue weighted by molar-refractivity contribution is 9.09. The average molecular weight is 294 g/mol. The number of carbonyl (C=O) groups is 1. The number of alkyl halides is 1. The molecule has 0 aromatic rings. The normalized spacial score (nSPS) is 19.9. The molecule has 4 nitrogen and oxygen atoms in total. The van der Waals surface area contributed by atoms with Gasteiger partial charge in [-0.2, -0.15) is 0 Å². The van der Waals surface area contributed by atoms with Crippen LogP contribution in [0.15, 0.2) is 0 Å². The maximum atomic E-state index is 11.1. The number of amides is 1. The van der Waals surface area contributed by atoms with Crippen LogP contribution in [-0.4, -0.2) is 43.7 Å². The van der Waals surface area contributed by atoms with E-state index >= 15 is 0 Å². The van der Waals surface area contributed by atoms with Gasteiger partial charge in [-0.15, -0.1) is 0 Å². The van der Waals surface area contributed by atoms with E-state index in [1.807, 2.05) is 0 Å². The van der Waals surface area contributed by atoms with Crippen LogP contribution in [0, 0.1) is 0 Å². The van der Waals surface area contributed by atoms with Crippen LogP contribution in [0.25, 0.3) is 0 Å². The Labute approximate surface area is 105 Å². The molecule has 16 heavy (non-hydrogen) atoms. The van der Waals surface area contributed by atoms with Gasteiger partial charge in [-0.05, 0) is 19.3 Å². The zero-order valence-corrected chi connectivity index (χ0v) is 11.1. The Kier molecular flexibility index (Phi) is 7.80. The van der Waals surface area contributed by atoms with Crippen molar-refractivity contribution in [3.05, 3.63) is 0 Å².